The van der Waals surface area contributed by atoms with Gasteiger partial charge in [0.15, 0.2) is 0 Å². The monoisotopic (exact) mass is 372 g/mol. The lowest BCUT2D eigenvalue weighted by molar-refractivity contribution is -0.115. The largest absolute Gasteiger partial charge is 0.326 e. The molecule has 0 aliphatic rings. The van der Waals surface area contributed by atoms with Crippen LogP contribution in [-0.2, 0) is 11.2 Å². The average Bonchev–Trinajstić information content (AvgIpc) is 2.66. The minimum Gasteiger partial charge on any atom is -0.326 e. The van der Waals surface area contributed by atoms with Crippen molar-refractivity contribution in [2.75, 3.05) is 10.6 Å². The number of rotatable bonds is 5. The molecule has 0 aliphatic carbocycles. The molecule has 0 spiro atoms. The molecule has 3 aromatic carbocycles. The maximum Gasteiger partial charge on any atom is 0.255 e. The van der Waals surface area contributed by atoms with Gasteiger partial charge in [0.05, 0.1) is 6.42 Å². The van der Waals surface area contributed by atoms with Gasteiger partial charge in [-0.15, -0.1) is 0 Å². The van der Waals surface area contributed by atoms with Crippen molar-refractivity contribution in [3.63, 3.8) is 0 Å². The molecular weight excluding hydrogens is 348 g/mol. The minimum atomic E-state index is -0.169. The zero-order chi connectivity index (χ0) is 20.1. The number of amides is 2. The van der Waals surface area contributed by atoms with Crippen LogP contribution in [0, 0.1) is 20.8 Å². The van der Waals surface area contributed by atoms with Gasteiger partial charge in [-0.05, 0) is 61.7 Å². The molecule has 3 rings (SSSR count). The highest BCUT2D eigenvalue weighted by atomic mass is 16.2. The van der Waals surface area contributed by atoms with E-state index in [-0.39, 0.29) is 11.8 Å². The van der Waals surface area contributed by atoms with Gasteiger partial charge in [-0.1, -0.05) is 48.0 Å². The Balaban J connectivity index is 1.64. The molecule has 0 aliphatic heterocycles. The van der Waals surface area contributed by atoms with E-state index in [0.29, 0.717) is 17.7 Å². The Kier molecular flexibility index (Phi) is 5.90. The number of hydrogen-bond donors (Lipinski definition) is 2. The topological polar surface area (TPSA) is 58.2 Å². The van der Waals surface area contributed by atoms with E-state index in [1.54, 1.807) is 24.3 Å². The zero-order valence-electron chi connectivity index (χ0n) is 16.4. The third-order valence-electron chi connectivity index (χ3n) is 4.55. The number of nitrogens with one attached hydrogen (secondary N) is 2. The molecule has 0 fully saturated rings. The predicted octanol–water partition coefficient (Wildman–Crippen LogP) is 5.05. The molecule has 142 valence electrons. The van der Waals surface area contributed by atoms with Gasteiger partial charge in [0.25, 0.3) is 5.91 Å². The number of carbonyl (C=O) groups is 2. The Labute approximate surface area is 165 Å². The van der Waals surface area contributed by atoms with Gasteiger partial charge in [-0.2, -0.15) is 0 Å². The van der Waals surface area contributed by atoms with Gasteiger partial charge in [-0.3, -0.25) is 9.59 Å². The van der Waals surface area contributed by atoms with E-state index in [9.17, 15) is 9.59 Å². The van der Waals surface area contributed by atoms with Crippen LogP contribution in [0.4, 0.5) is 11.4 Å². The van der Waals surface area contributed by atoms with E-state index in [1.165, 1.54) is 5.56 Å². The van der Waals surface area contributed by atoms with Crippen molar-refractivity contribution >= 4 is 23.2 Å². The van der Waals surface area contributed by atoms with Crippen LogP contribution in [0.3, 0.4) is 0 Å². The maximum absolute atomic E-state index is 12.6. The Morgan fingerprint density at radius 3 is 2.00 bits per heavy atom. The predicted molar refractivity (Wildman–Crippen MR) is 114 cm³/mol. The molecule has 2 N–H and O–H groups in total. The maximum atomic E-state index is 12.6. The van der Waals surface area contributed by atoms with E-state index in [0.717, 1.165) is 22.4 Å². The fourth-order valence-corrected chi connectivity index (χ4v) is 3.25. The summed E-state index contributed by atoms with van der Waals surface area (Å²) in [6, 6.07) is 20.6. The summed E-state index contributed by atoms with van der Waals surface area (Å²) in [4.78, 5) is 24.7. The standard InChI is InChI=1S/C24H24N2O2/c1-16-13-17(2)23(18(3)14-16)26-24(28)20-9-11-21(12-10-20)25-22(27)15-19-7-5-4-6-8-19/h4-14H,15H2,1-3H3,(H,25,27)(H,26,28). The smallest absolute Gasteiger partial charge is 0.255 e. The van der Waals surface area contributed by atoms with E-state index in [1.807, 2.05) is 63.2 Å². The summed E-state index contributed by atoms with van der Waals surface area (Å²) < 4.78 is 0. The third kappa shape index (κ3) is 4.86. The number of aryl methyl sites for hydroxylation is 3. The molecule has 3 aromatic rings. The summed E-state index contributed by atoms with van der Waals surface area (Å²) in [6.07, 6.45) is 0.315. The zero-order valence-corrected chi connectivity index (χ0v) is 16.4. The lowest BCUT2D eigenvalue weighted by Crippen LogP contribution is -2.16. The lowest BCUT2D eigenvalue weighted by atomic mass is 10.0. The third-order valence-corrected chi connectivity index (χ3v) is 4.55. The fourth-order valence-electron chi connectivity index (χ4n) is 3.25. The number of anilines is 2. The molecule has 2 amide bonds. The molecule has 0 unspecified atom stereocenters. The molecule has 4 heteroatoms. The first-order valence-corrected chi connectivity index (χ1v) is 9.25. The SMILES string of the molecule is Cc1cc(C)c(NC(=O)c2ccc(NC(=O)Cc3ccccc3)cc2)c(C)c1. The van der Waals surface area contributed by atoms with Gasteiger partial charge >= 0.3 is 0 Å². The van der Waals surface area contributed by atoms with Crippen molar-refractivity contribution in [3.05, 3.63) is 94.5 Å². The molecule has 4 nitrogen and oxygen atoms in total. The van der Waals surface area contributed by atoms with E-state index in [2.05, 4.69) is 10.6 Å². The quantitative estimate of drug-likeness (QED) is 0.659. The summed E-state index contributed by atoms with van der Waals surface area (Å²) in [7, 11) is 0. The van der Waals surface area contributed by atoms with Crippen LogP contribution in [0.1, 0.15) is 32.6 Å². The number of hydrogen-bond acceptors (Lipinski definition) is 2. The van der Waals surface area contributed by atoms with Gasteiger partial charge in [0.1, 0.15) is 0 Å². The van der Waals surface area contributed by atoms with Gasteiger partial charge < -0.3 is 10.6 Å². The first kappa shape index (κ1) is 19.4. The highest BCUT2D eigenvalue weighted by Gasteiger charge is 2.11. The van der Waals surface area contributed by atoms with E-state index < -0.39 is 0 Å². The second-order valence-corrected chi connectivity index (χ2v) is 7.02. The lowest BCUT2D eigenvalue weighted by Gasteiger charge is -2.13. The highest BCUT2D eigenvalue weighted by molar-refractivity contribution is 6.05. The van der Waals surface area contributed by atoms with Crippen LogP contribution in [-0.4, -0.2) is 11.8 Å². The van der Waals surface area contributed by atoms with Crippen molar-refractivity contribution in [1.29, 1.82) is 0 Å². The Morgan fingerprint density at radius 2 is 1.39 bits per heavy atom. The fraction of sp³-hybridized carbons (Fsp3) is 0.167. The number of carbonyl (C=O) groups excluding carboxylic acids is 2. The van der Waals surface area contributed by atoms with Gasteiger partial charge in [0.2, 0.25) is 5.91 Å². The summed E-state index contributed by atoms with van der Waals surface area (Å²) in [5, 5.41) is 5.85. The van der Waals surface area contributed by atoms with Crippen molar-refractivity contribution in [2.45, 2.75) is 27.2 Å². The second-order valence-electron chi connectivity index (χ2n) is 7.02. The van der Waals surface area contributed by atoms with Gasteiger partial charge in [-0.25, -0.2) is 0 Å². The molecule has 0 heterocycles. The van der Waals surface area contributed by atoms with Crippen LogP contribution in [0.25, 0.3) is 0 Å². The summed E-state index contributed by atoms with van der Waals surface area (Å²) >= 11 is 0. The summed E-state index contributed by atoms with van der Waals surface area (Å²) in [5.41, 5.74) is 6.26. The summed E-state index contributed by atoms with van der Waals surface area (Å²) in [5.74, 6) is -0.258. The minimum absolute atomic E-state index is 0.0886. The highest BCUT2D eigenvalue weighted by Crippen LogP contribution is 2.23. The van der Waals surface area contributed by atoms with Gasteiger partial charge in [0, 0.05) is 16.9 Å². The molecule has 0 saturated carbocycles. The Morgan fingerprint density at radius 1 is 0.786 bits per heavy atom. The average molecular weight is 372 g/mol. The number of benzene rings is 3. The first-order valence-electron chi connectivity index (χ1n) is 9.25. The van der Waals surface area contributed by atoms with E-state index in [4.69, 9.17) is 0 Å². The molecule has 0 bridgehead atoms. The Bertz CT molecular complexity index is 970. The van der Waals surface area contributed by atoms with Crippen molar-refractivity contribution in [2.24, 2.45) is 0 Å². The Hall–Kier alpha value is -3.40. The van der Waals surface area contributed by atoms with Crippen LogP contribution in [0.5, 0.6) is 0 Å². The normalized spacial score (nSPS) is 10.4. The molecule has 0 saturated heterocycles. The van der Waals surface area contributed by atoms with Crippen LogP contribution < -0.4 is 10.6 Å². The van der Waals surface area contributed by atoms with Crippen molar-refractivity contribution < 1.29 is 9.59 Å². The van der Waals surface area contributed by atoms with E-state index >= 15 is 0 Å². The molecule has 28 heavy (non-hydrogen) atoms. The van der Waals surface area contributed by atoms with Crippen molar-refractivity contribution in [1.82, 2.24) is 0 Å². The van der Waals surface area contributed by atoms with Crippen LogP contribution in [0.2, 0.25) is 0 Å². The first-order chi connectivity index (χ1) is 13.4. The molecule has 0 aromatic heterocycles. The molecule has 0 atom stereocenters. The van der Waals surface area contributed by atoms with Crippen molar-refractivity contribution in [3.8, 4) is 0 Å². The molecular formula is C24H24N2O2. The molecule has 0 radical (unpaired) electrons. The second kappa shape index (κ2) is 8.53. The van der Waals surface area contributed by atoms with Crippen LogP contribution >= 0.6 is 0 Å². The summed E-state index contributed by atoms with van der Waals surface area (Å²) in [6.45, 7) is 6.01. The van der Waals surface area contributed by atoms with Crippen LogP contribution in [0.15, 0.2) is 66.7 Å².